The van der Waals surface area contributed by atoms with Crippen LogP contribution in [0.3, 0.4) is 0 Å². The number of nitrogens with two attached hydrogens (primary N) is 1. The minimum Gasteiger partial charge on any atom is -0.493 e. The standard InChI is InChI=1S/C16H22ClN5O2S2/c1-3-21(4-2)14(23)11-26-16-20-19-15(22(16)18)25-9-8-24-13-7-5-6-12(17)10-13/h5-7,10H,3-4,8-9,11,18H2,1-2H3. The molecule has 0 atom stereocenters. The third kappa shape index (κ3) is 6.00. The van der Waals surface area contributed by atoms with Crippen molar-refractivity contribution in [3.63, 3.8) is 0 Å². The minimum atomic E-state index is 0.0622. The van der Waals surface area contributed by atoms with Crippen LogP contribution in [0.1, 0.15) is 13.8 Å². The molecule has 0 saturated heterocycles. The molecule has 1 aromatic carbocycles. The molecule has 142 valence electrons. The summed E-state index contributed by atoms with van der Waals surface area (Å²) in [5.74, 6) is 7.74. The van der Waals surface area contributed by atoms with E-state index in [0.717, 1.165) is 5.75 Å². The van der Waals surface area contributed by atoms with Gasteiger partial charge in [-0.2, -0.15) is 0 Å². The van der Waals surface area contributed by atoms with Crippen molar-refractivity contribution in [2.45, 2.75) is 24.2 Å². The Morgan fingerprint density at radius 3 is 2.62 bits per heavy atom. The molecule has 1 amide bonds. The topological polar surface area (TPSA) is 86.3 Å². The number of hydrogen-bond acceptors (Lipinski definition) is 7. The van der Waals surface area contributed by atoms with Gasteiger partial charge in [0.25, 0.3) is 0 Å². The van der Waals surface area contributed by atoms with Gasteiger partial charge in [0.2, 0.25) is 16.2 Å². The lowest BCUT2D eigenvalue weighted by Crippen LogP contribution is -2.32. The van der Waals surface area contributed by atoms with Gasteiger partial charge in [-0.3, -0.25) is 4.79 Å². The molecule has 0 bridgehead atoms. The van der Waals surface area contributed by atoms with Gasteiger partial charge in [0.15, 0.2) is 0 Å². The van der Waals surface area contributed by atoms with Crippen molar-refractivity contribution in [2.24, 2.45) is 0 Å². The van der Waals surface area contributed by atoms with Gasteiger partial charge in [0.05, 0.1) is 12.4 Å². The van der Waals surface area contributed by atoms with Crippen LogP contribution in [0.2, 0.25) is 5.02 Å². The Morgan fingerprint density at radius 2 is 1.96 bits per heavy atom. The Bertz CT molecular complexity index is 724. The second-order valence-corrected chi connectivity index (χ2v) is 7.59. The monoisotopic (exact) mass is 415 g/mol. The first-order valence-corrected chi connectivity index (χ1v) is 10.5. The van der Waals surface area contributed by atoms with E-state index in [4.69, 9.17) is 22.2 Å². The van der Waals surface area contributed by atoms with E-state index in [1.54, 1.807) is 17.0 Å². The van der Waals surface area contributed by atoms with E-state index in [2.05, 4.69) is 10.2 Å². The first-order chi connectivity index (χ1) is 12.5. The van der Waals surface area contributed by atoms with Crippen molar-refractivity contribution in [3.05, 3.63) is 29.3 Å². The van der Waals surface area contributed by atoms with Gasteiger partial charge >= 0.3 is 0 Å². The van der Waals surface area contributed by atoms with Crippen LogP contribution < -0.4 is 10.6 Å². The molecule has 2 aromatic rings. The fraction of sp³-hybridized carbons (Fsp3) is 0.438. The molecular weight excluding hydrogens is 394 g/mol. The maximum absolute atomic E-state index is 12.0. The van der Waals surface area contributed by atoms with Crippen LogP contribution in [-0.2, 0) is 4.79 Å². The molecule has 7 nitrogen and oxygen atoms in total. The summed E-state index contributed by atoms with van der Waals surface area (Å²) in [4.78, 5) is 13.8. The van der Waals surface area contributed by atoms with Gasteiger partial charge in [-0.05, 0) is 32.0 Å². The number of rotatable bonds is 10. The summed E-state index contributed by atoms with van der Waals surface area (Å²) >= 11 is 8.64. The number of benzene rings is 1. The maximum atomic E-state index is 12.0. The van der Waals surface area contributed by atoms with Crippen LogP contribution in [0.15, 0.2) is 34.6 Å². The van der Waals surface area contributed by atoms with Gasteiger partial charge in [-0.25, -0.2) is 4.68 Å². The van der Waals surface area contributed by atoms with Crippen molar-refractivity contribution < 1.29 is 9.53 Å². The maximum Gasteiger partial charge on any atom is 0.233 e. The van der Waals surface area contributed by atoms with Crippen LogP contribution in [0, 0.1) is 0 Å². The minimum absolute atomic E-state index is 0.0622. The highest BCUT2D eigenvalue weighted by atomic mass is 35.5. The quantitative estimate of drug-likeness (QED) is 0.362. The molecule has 1 aromatic heterocycles. The number of halogens is 1. The number of carbonyl (C=O) groups is 1. The average molecular weight is 416 g/mol. The number of nitrogen functional groups attached to an aromatic ring is 1. The molecule has 1 heterocycles. The van der Waals surface area contributed by atoms with Crippen LogP contribution in [0.4, 0.5) is 0 Å². The fourth-order valence-electron chi connectivity index (χ4n) is 2.10. The lowest BCUT2D eigenvalue weighted by Gasteiger charge is -2.17. The van der Waals surface area contributed by atoms with Gasteiger partial charge in [-0.15, -0.1) is 10.2 Å². The van der Waals surface area contributed by atoms with Crippen molar-refractivity contribution in [1.82, 2.24) is 19.8 Å². The zero-order chi connectivity index (χ0) is 18.9. The molecule has 0 fully saturated rings. The lowest BCUT2D eigenvalue weighted by molar-refractivity contribution is -0.127. The average Bonchev–Trinajstić information content (AvgIpc) is 2.98. The summed E-state index contributed by atoms with van der Waals surface area (Å²) in [7, 11) is 0. The second-order valence-electron chi connectivity index (χ2n) is 5.14. The van der Waals surface area contributed by atoms with Gasteiger partial charge in [-0.1, -0.05) is 41.2 Å². The van der Waals surface area contributed by atoms with E-state index in [-0.39, 0.29) is 5.91 Å². The van der Waals surface area contributed by atoms with Crippen molar-refractivity contribution in [1.29, 1.82) is 0 Å². The Morgan fingerprint density at radius 1 is 1.27 bits per heavy atom. The van der Waals surface area contributed by atoms with Crippen molar-refractivity contribution >= 4 is 41.0 Å². The summed E-state index contributed by atoms with van der Waals surface area (Å²) in [6.07, 6.45) is 0. The Hall–Kier alpha value is -1.58. The molecule has 26 heavy (non-hydrogen) atoms. The van der Waals surface area contributed by atoms with Gasteiger partial charge < -0.3 is 15.5 Å². The highest BCUT2D eigenvalue weighted by Crippen LogP contribution is 2.22. The third-order valence-electron chi connectivity index (χ3n) is 3.45. The largest absolute Gasteiger partial charge is 0.493 e. The number of amides is 1. The van der Waals surface area contributed by atoms with E-state index >= 15 is 0 Å². The molecule has 0 radical (unpaired) electrons. The van der Waals surface area contributed by atoms with Crippen LogP contribution in [0.25, 0.3) is 0 Å². The van der Waals surface area contributed by atoms with Crippen LogP contribution in [0.5, 0.6) is 5.75 Å². The second kappa shape index (κ2) is 10.5. The molecule has 0 unspecified atom stereocenters. The summed E-state index contributed by atoms with van der Waals surface area (Å²) in [6, 6.07) is 7.25. The number of carbonyl (C=O) groups excluding carboxylic acids is 1. The molecule has 10 heteroatoms. The van der Waals surface area contributed by atoms with Crippen molar-refractivity contribution in [3.8, 4) is 5.75 Å². The van der Waals surface area contributed by atoms with Gasteiger partial charge in [0.1, 0.15) is 5.75 Å². The molecule has 0 aliphatic carbocycles. The van der Waals surface area contributed by atoms with E-state index in [1.165, 1.54) is 28.2 Å². The van der Waals surface area contributed by atoms with E-state index < -0.39 is 0 Å². The highest BCUT2D eigenvalue weighted by Gasteiger charge is 2.15. The fourth-order valence-corrected chi connectivity index (χ4v) is 3.77. The molecule has 0 saturated carbocycles. The first-order valence-electron chi connectivity index (χ1n) is 8.17. The van der Waals surface area contributed by atoms with Crippen LogP contribution >= 0.6 is 35.1 Å². The van der Waals surface area contributed by atoms with Gasteiger partial charge in [0, 0.05) is 23.9 Å². The number of ether oxygens (including phenoxy) is 1. The lowest BCUT2D eigenvalue weighted by atomic mass is 10.3. The highest BCUT2D eigenvalue weighted by molar-refractivity contribution is 8.00. The van der Waals surface area contributed by atoms with E-state index in [1.807, 2.05) is 26.0 Å². The molecule has 0 spiro atoms. The summed E-state index contributed by atoms with van der Waals surface area (Å²) < 4.78 is 7.03. The van der Waals surface area contributed by atoms with E-state index in [0.29, 0.717) is 46.5 Å². The molecule has 0 aliphatic heterocycles. The molecule has 2 rings (SSSR count). The zero-order valence-electron chi connectivity index (χ0n) is 14.7. The normalized spacial score (nSPS) is 10.7. The third-order valence-corrected chi connectivity index (χ3v) is 5.52. The molecule has 0 aliphatic rings. The number of thioether (sulfide) groups is 2. The van der Waals surface area contributed by atoms with E-state index in [9.17, 15) is 4.79 Å². The van der Waals surface area contributed by atoms with Crippen molar-refractivity contribution in [2.75, 3.05) is 37.0 Å². The SMILES string of the molecule is CCN(CC)C(=O)CSc1nnc(SCCOc2cccc(Cl)c2)n1N. The zero-order valence-corrected chi connectivity index (χ0v) is 17.1. The first kappa shape index (κ1) is 20.7. The predicted octanol–water partition coefficient (Wildman–Crippen LogP) is 2.78. The predicted molar refractivity (Wildman–Crippen MR) is 106 cm³/mol. The Balaban J connectivity index is 1.78. The molecular formula is C16H22ClN5O2S2. The summed E-state index contributed by atoms with van der Waals surface area (Å²) in [6.45, 7) is 5.79. The number of hydrogen-bond donors (Lipinski definition) is 1. The summed E-state index contributed by atoms with van der Waals surface area (Å²) in [5, 5.41) is 9.85. The number of nitrogens with zero attached hydrogens (tertiary/aromatic N) is 4. The smallest absolute Gasteiger partial charge is 0.233 e. The Kier molecular flexibility index (Phi) is 8.40. The Labute approximate surface area is 166 Å². The molecule has 2 N–H and O–H groups in total. The number of aromatic nitrogens is 3. The van der Waals surface area contributed by atoms with Crippen LogP contribution in [-0.4, -0.2) is 56.9 Å². The summed E-state index contributed by atoms with van der Waals surface area (Å²) in [5.41, 5.74) is 0.